The Balaban J connectivity index is 1.87. The van der Waals surface area contributed by atoms with E-state index in [1.165, 1.54) is 0 Å². The minimum Gasteiger partial charge on any atom is -0.383 e. The molecule has 1 saturated heterocycles. The molecule has 1 saturated carbocycles. The van der Waals surface area contributed by atoms with Gasteiger partial charge >= 0.3 is 0 Å². The number of hydroxylamine groups is 2. The van der Waals surface area contributed by atoms with Crippen LogP contribution in [0.2, 0.25) is 0 Å². The van der Waals surface area contributed by atoms with Crippen LogP contribution in [-0.4, -0.2) is 67.4 Å². The van der Waals surface area contributed by atoms with Crippen molar-refractivity contribution in [3.05, 3.63) is 10.1 Å². The summed E-state index contributed by atoms with van der Waals surface area (Å²) in [6.07, 6.45) is 2.81. The number of aliphatic hydroxyl groups is 1. The molecule has 2 fully saturated rings. The van der Waals surface area contributed by atoms with Gasteiger partial charge in [-0.05, 0) is 19.3 Å². The molecule has 0 amide bonds. The Hall–Kier alpha value is -0.880. The first-order valence-electron chi connectivity index (χ1n) is 7.91. The van der Waals surface area contributed by atoms with Crippen LogP contribution in [-0.2, 0) is 14.4 Å². The van der Waals surface area contributed by atoms with Crippen LogP contribution in [0.5, 0.6) is 0 Å². The summed E-state index contributed by atoms with van der Waals surface area (Å²) in [4.78, 5) is 15.9. The van der Waals surface area contributed by atoms with Crippen molar-refractivity contribution >= 4 is 0 Å². The van der Waals surface area contributed by atoms with Crippen molar-refractivity contribution in [3.8, 4) is 0 Å². The summed E-state index contributed by atoms with van der Waals surface area (Å²) in [5.74, 6) is 0. The van der Waals surface area contributed by atoms with Crippen LogP contribution < -0.4 is 16.3 Å². The monoisotopic (exact) mass is 334 g/mol. The van der Waals surface area contributed by atoms with Gasteiger partial charge in [0, 0.05) is 37.1 Å². The van der Waals surface area contributed by atoms with Gasteiger partial charge in [0.25, 0.3) is 0 Å². The average Bonchev–Trinajstić information content (AvgIpc) is 3.01. The van der Waals surface area contributed by atoms with Crippen LogP contribution in [0, 0.1) is 10.1 Å². The van der Waals surface area contributed by atoms with E-state index < -0.39 is 6.04 Å². The van der Waals surface area contributed by atoms with Gasteiger partial charge < -0.3 is 19.9 Å². The molecular weight excluding hydrogens is 308 g/mol. The molecule has 10 heteroatoms. The highest BCUT2D eigenvalue weighted by atomic mass is 16.8. The topological polar surface area (TPSA) is 127 Å². The molecule has 23 heavy (non-hydrogen) atoms. The van der Waals surface area contributed by atoms with Crippen LogP contribution >= 0.6 is 0 Å². The lowest BCUT2D eigenvalue weighted by atomic mass is 9.83. The Kier molecular flexibility index (Phi) is 7.56. The van der Waals surface area contributed by atoms with Gasteiger partial charge in [-0.15, -0.1) is 0 Å². The number of nitrogens with zero attached hydrogens (tertiary/aromatic N) is 1. The summed E-state index contributed by atoms with van der Waals surface area (Å²) in [5.41, 5.74) is 5.55. The van der Waals surface area contributed by atoms with E-state index in [-0.39, 0.29) is 35.9 Å². The third kappa shape index (κ3) is 5.05. The molecule has 0 bridgehead atoms. The highest BCUT2D eigenvalue weighted by molar-refractivity contribution is 5.00. The Morgan fingerprint density at radius 1 is 1.43 bits per heavy atom. The quantitative estimate of drug-likeness (QED) is 0.171. The van der Waals surface area contributed by atoms with Crippen LogP contribution in [0.4, 0.5) is 0 Å². The highest BCUT2D eigenvalue weighted by Crippen LogP contribution is 2.25. The predicted molar refractivity (Wildman–Crippen MR) is 79.8 cm³/mol. The molecule has 10 nitrogen and oxygen atoms in total. The van der Waals surface area contributed by atoms with Crippen molar-refractivity contribution in [3.63, 3.8) is 0 Å². The maximum Gasteiger partial charge on any atom is 0.232 e. The molecule has 5 unspecified atom stereocenters. The Morgan fingerprint density at radius 3 is 2.91 bits per heavy atom. The number of methoxy groups -OCH3 is 1. The number of rotatable bonds is 10. The van der Waals surface area contributed by atoms with E-state index in [2.05, 4.69) is 16.3 Å². The molecule has 0 aromatic carbocycles. The SMILES string of the molecule is COCC(CCCOCO)NC1CCC([N+](=O)[O-])C2NONC12. The third-order valence-corrected chi connectivity index (χ3v) is 4.42. The van der Waals surface area contributed by atoms with E-state index in [1.807, 2.05) is 0 Å². The van der Waals surface area contributed by atoms with Crippen molar-refractivity contribution in [1.82, 2.24) is 16.3 Å². The van der Waals surface area contributed by atoms with Crippen molar-refractivity contribution < 1.29 is 24.4 Å². The molecule has 1 heterocycles. The third-order valence-electron chi connectivity index (χ3n) is 4.42. The standard InChI is InChI=1S/C13H26N4O6/c1-21-7-9(3-2-6-22-8-18)14-10-4-5-11(17(19)20)13-12(10)15-23-16-13/h9-16,18H,2-8H2,1H3. The van der Waals surface area contributed by atoms with E-state index in [9.17, 15) is 10.1 Å². The zero-order chi connectivity index (χ0) is 16.7. The molecule has 0 radical (unpaired) electrons. The van der Waals surface area contributed by atoms with Crippen molar-refractivity contribution in [2.45, 2.75) is 55.9 Å². The summed E-state index contributed by atoms with van der Waals surface area (Å²) in [5, 5.41) is 23.3. The number of hydrogen-bond donors (Lipinski definition) is 4. The van der Waals surface area contributed by atoms with Crippen LogP contribution in [0.25, 0.3) is 0 Å². The summed E-state index contributed by atoms with van der Waals surface area (Å²) in [6, 6.07) is -0.983. The summed E-state index contributed by atoms with van der Waals surface area (Å²) in [7, 11) is 1.64. The summed E-state index contributed by atoms with van der Waals surface area (Å²) < 4.78 is 10.2. The summed E-state index contributed by atoms with van der Waals surface area (Å²) >= 11 is 0. The fourth-order valence-electron chi connectivity index (χ4n) is 3.32. The first-order valence-corrected chi connectivity index (χ1v) is 7.91. The van der Waals surface area contributed by atoms with Gasteiger partial charge in [-0.3, -0.25) is 10.1 Å². The van der Waals surface area contributed by atoms with E-state index in [4.69, 9.17) is 19.5 Å². The molecule has 5 atom stereocenters. The molecule has 0 spiro atoms. The fraction of sp³-hybridized carbons (Fsp3) is 1.00. The fourth-order valence-corrected chi connectivity index (χ4v) is 3.32. The van der Waals surface area contributed by atoms with Gasteiger partial charge in [0.1, 0.15) is 12.8 Å². The lowest BCUT2D eigenvalue weighted by molar-refractivity contribution is -0.530. The van der Waals surface area contributed by atoms with E-state index >= 15 is 0 Å². The Bertz CT molecular complexity index is 374. The number of hydrogen-bond acceptors (Lipinski definition) is 9. The number of aliphatic hydroxyl groups excluding tert-OH is 1. The lowest BCUT2D eigenvalue weighted by Gasteiger charge is -2.36. The van der Waals surface area contributed by atoms with Crippen LogP contribution in [0.1, 0.15) is 25.7 Å². The predicted octanol–water partition coefficient (Wildman–Crippen LogP) is -1.08. The maximum atomic E-state index is 11.1. The zero-order valence-corrected chi connectivity index (χ0v) is 13.3. The lowest BCUT2D eigenvalue weighted by Crippen LogP contribution is -2.61. The van der Waals surface area contributed by atoms with Crippen molar-refractivity contribution in [1.29, 1.82) is 0 Å². The van der Waals surface area contributed by atoms with Gasteiger partial charge in [0.2, 0.25) is 6.04 Å². The molecular formula is C13H26N4O6. The van der Waals surface area contributed by atoms with Crippen LogP contribution in [0.15, 0.2) is 0 Å². The van der Waals surface area contributed by atoms with Gasteiger partial charge in [-0.25, -0.2) is 4.94 Å². The smallest absolute Gasteiger partial charge is 0.232 e. The second kappa shape index (κ2) is 9.42. The van der Waals surface area contributed by atoms with Crippen molar-refractivity contribution in [2.24, 2.45) is 0 Å². The second-order valence-electron chi connectivity index (χ2n) is 5.92. The molecule has 1 aliphatic heterocycles. The number of fused-ring (bicyclic) bond motifs is 1. The average molecular weight is 334 g/mol. The van der Waals surface area contributed by atoms with Gasteiger partial charge in [-0.1, -0.05) is 0 Å². The Morgan fingerprint density at radius 2 is 2.22 bits per heavy atom. The molecule has 0 aromatic heterocycles. The number of nitrogens with one attached hydrogen (secondary N) is 3. The molecule has 2 aliphatic rings. The first-order chi connectivity index (χ1) is 11.2. The van der Waals surface area contributed by atoms with E-state index in [1.54, 1.807) is 7.11 Å². The zero-order valence-electron chi connectivity index (χ0n) is 13.3. The van der Waals surface area contributed by atoms with E-state index in [0.29, 0.717) is 26.1 Å². The summed E-state index contributed by atoms with van der Waals surface area (Å²) in [6.45, 7) is 0.755. The van der Waals surface area contributed by atoms with Gasteiger partial charge in [0.15, 0.2) is 0 Å². The normalized spacial score (nSPS) is 31.7. The molecule has 4 N–H and O–H groups in total. The molecule has 134 valence electrons. The van der Waals surface area contributed by atoms with Crippen molar-refractivity contribution in [2.75, 3.05) is 27.1 Å². The van der Waals surface area contributed by atoms with Gasteiger partial charge in [0.05, 0.1) is 12.6 Å². The second-order valence-corrected chi connectivity index (χ2v) is 5.92. The van der Waals surface area contributed by atoms with Gasteiger partial charge in [-0.2, -0.15) is 11.0 Å². The molecule has 2 rings (SSSR count). The largest absolute Gasteiger partial charge is 0.383 e. The minimum absolute atomic E-state index is 0.0603. The van der Waals surface area contributed by atoms with Crippen LogP contribution in [0.3, 0.4) is 0 Å². The maximum absolute atomic E-state index is 11.1. The highest BCUT2D eigenvalue weighted by Gasteiger charge is 2.49. The van der Waals surface area contributed by atoms with E-state index in [0.717, 1.165) is 12.8 Å². The number of ether oxygens (including phenoxy) is 2. The number of nitro groups is 1. The molecule has 1 aliphatic carbocycles. The first kappa shape index (κ1) is 18.5. The Labute approximate surface area is 134 Å². The minimum atomic E-state index is -0.646. The molecule has 0 aromatic rings.